The smallest absolute Gasteiger partial charge is 0.314 e. The van der Waals surface area contributed by atoms with E-state index in [4.69, 9.17) is 0 Å². The van der Waals surface area contributed by atoms with Crippen molar-refractivity contribution in [2.45, 2.75) is 12.1 Å². The molecule has 4 amide bonds. The van der Waals surface area contributed by atoms with Crippen LogP contribution in [-0.4, -0.2) is 32.6 Å². The van der Waals surface area contributed by atoms with Gasteiger partial charge in [-0.05, 0) is 23.3 Å². The predicted octanol–water partition coefficient (Wildman–Crippen LogP) is 1.92. The fourth-order valence-corrected chi connectivity index (χ4v) is 4.15. The van der Waals surface area contributed by atoms with Crippen molar-refractivity contribution in [2.24, 2.45) is 0 Å². The first-order valence-corrected chi connectivity index (χ1v) is 10.5. The molecule has 9 heteroatoms. The molecule has 0 spiro atoms. The lowest BCUT2D eigenvalue weighted by atomic mass is 9.83. The number of carbonyl (C=O) groups excluding carboxylic acids is 3. The summed E-state index contributed by atoms with van der Waals surface area (Å²) in [5.41, 5.74) is 2.22. The zero-order chi connectivity index (χ0) is 23.7. The number of hydrogen-bond acceptors (Lipinski definition) is 5. The molecule has 0 saturated carbocycles. The number of hydrogen-bond donors (Lipinski definition) is 2. The molecule has 34 heavy (non-hydrogen) atoms. The van der Waals surface area contributed by atoms with Gasteiger partial charge in [-0.15, -0.1) is 0 Å². The largest absolute Gasteiger partial charge is 0.344 e. The second-order valence-electron chi connectivity index (χ2n) is 7.77. The molecule has 1 aliphatic heterocycles. The Bertz CT molecular complexity index is 1430. The van der Waals surface area contributed by atoms with Gasteiger partial charge in [0.2, 0.25) is 5.43 Å². The van der Waals surface area contributed by atoms with E-state index in [1.54, 1.807) is 72.8 Å². The molecular formula is C25H19N5O4. The normalized spacial score (nSPS) is 14.8. The Morgan fingerprint density at radius 2 is 1.44 bits per heavy atom. The third kappa shape index (κ3) is 3.39. The van der Waals surface area contributed by atoms with Crippen molar-refractivity contribution in [1.29, 1.82) is 0 Å². The highest BCUT2D eigenvalue weighted by molar-refractivity contribution is 6.10. The van der Waals surface area contributed by atoms with Gasteiger partial charge in [-0.2, -0.15) is 10.1 Å². The van der Waals surface area contributed by atoms with Crippen LogP contribution in [0.15, 0.2) is 95.9 Å². The molecule has 5 rings (SSSR count). The SMILES string of the molecule is O=C(Cn1ncc(=O)c2ccccc21)NN1C(=O)NC(c2ccccc2)(c2ccccc2)C1=O. The van der Waals surface area contributed by atoms with E-state index in [9.17, 15) is 19.2 Å². The van der Waals surface area contributed by atoms with Crippen molar-refractivity contribution in [1.82, 2.24) is 25.5 Å². The van der Waals surface area contributed by atoms with Gasteiger partial charge >= 0.3 is 6.03 Å². The average molecular weight is 453 g/mol. The summed E-state index contributed by atoms with van der Waals surface area (Å²) in [7, 11) is 0. The number of nitrogens with one attached hydrogen (secondary N) is 2. The van der Waals surface area contributed by atoms with Crippen molar-refractivity contribution in [3.8, 4) is 0 Å². The second-order valence-corrected chi connectivity index (χ2v) is 7.77. The van der Waals surface area contributed by atoms with Crippen LogP contribution in [0.2, 0.25) is 0 Å². The van der Waals surface area contributed by atoms with Gasteiger partial charge in [-0.1, -0.05) is 72.8 Å². The number of fused-ring (bicyclic) bond motifs is 1. The van der Waals surface area contributed by atoms with Gasteiger partial charge in [0.05, 0.1) is 11.7 Å². The molecule has 0 unspecified atom stereocenters. The Morgan fingerprint density at radius 3 is 2.09 bits per heavy atom. The molecule has 0 atom stereocenters. The number of imide groups is 1. The van der Waals surface area contributed by atoms with Crippen LogP contribution in [0.25, 0.3) is 10.9 Å². The molecular weight excluding hydrogens is 434 g/mol. The van der Waals surface area contributed by atoms with Gasteiger partial charge in [-0.3, -0.25) is 24.5 Å². The summed E-state index contributed by atoms with van der Waals surface area (Å²) in [5, 5.41) is 7.88. The lowest BCUT2D eigenvalue weighted by Crippen LogP contribution is -2.50. The van der Waals surface area contributed by atoms with Crippen LogP contribution in [-0.2, 0) is 21.7 Å². The molecule has 0 aliphatic carbocycles. The van der Waals surface area contributed by atoms with E-state index < -0.39 is 23.4 Å². The lowest BCUT2D eigenvalue weighted by molar-refractivity contribution is -0.138. The maximum Gasteiger partial charge on any atom is 0.344 e. The Balaban J connectivity index is 1.46. The average Bonchev–Trinajstić information content (AvgIpc) is 3.12. The van der Waals surface area contributed by atoms with Gasteiger partial charge in [0, 0.05) is 5.39 Å². The molecule has 168 valence electrons. The minimum absolute atomic E-state index is 0.267. The third-order valence-electron chi connectivity index (χ3n) is 5.73. The second kappa shape index (κ2) is 8.28. The van der Waals surface area contributed by atoms with Crippen LogP contribution in [0.3, 0.4) is 0 Å². The van der Waals surface area contributed by atoms with Gasteiger partial charge in [-0.25, -0.2) is 4.79 Å². The van der Waals surface area contributed by atoms with E-state index in [-0.39, 0.29) is 12.0 Å². The Morgan fingerprint density at radius 1 is 0.853 bits per heavy atom. The molecule has 2 N–H and O–H groups in total. The number of para-hydroxylation sites is 1. The molecule has 0 bridgehead atoms. The summed E-state index contributed by atoms with van der Waals surface area (Å²) in [4.78, 5) is 51.4. The Kier molecular flexibility index (Phi) is 5.14. The topological polar surface area (TPSA) is 113 Å². The fraction of sp³-hybridized carbons (Fsp3) is 0.0800. The van der Waals surface area contributed by atoms with E-state index in [1.165, 1.54) is 4.68 Å². The quantitative estimate of drug-likeness (QED) is 0.448. The van der Waals surface area contributed by atoms with Crippen LogP contribution >= 0.6 is 0 Å². The Hall–Kier alpha value is -4.79. The molecule has 0 radical (unpaired) electrons. The van der Waals surface area contributed by atoms with Gasteiger partial charge < -0.3 is 5.32 Å². The number of carbonyl (C=O) groups is 3. The fourth-order valence-electron chi connectivity index (χ4n) is 4.15. The van der Waals surface area contributed by atoms with E-state index in [0.717, 1.165) is 6.20 Å². The van der Waals surface area contributed by atoms with Gasteiger partial charge in [0.25, 0.3) is 11.8 Å². The third-order valence-corrected chi connectivity index (χ3v) is 5.73. The predicted molar refractivity (Wildman–Crippen MR) is 123 cm³/mol. The summed E-state index contributed by atoms with van der Waals surface area (Å²) < 4.78 is 1.34. The van der Waals surface area contributed by atoms with Crippen molar-refractivity contribution < 1.29 is 14.4 Å². The zero-order valence-corrected chi connectivity index (χ0v) is 17.8. The number of nitrogens with zero attached hydrogens (tertiary/aromatic N) is 3. The maximum absolute atomic E-state index is 13.6. The van der Waals surface area contributed by atoms with Crippen LogP contribution in [0.1, 0.15) is 11.1 Å². The molecule has 1 saturated heterocycles. The highest BCUT2D eigenvalue weighted by Crippen LogP contribution is 2.35. The summed E-state index contributed by atoms with van der Waals surface area (Å²) >= 11 is 0. The standard InChI is InChI=1S/C25H19N5O4/c31-21-15-26-29(20-14-8-7-13-19(20)21)16-22(32)28-30-23(33)25(27-24(30)34,17-9-3-1-4-10-17)18-11-5-2-6-12-18/h1-15H,16H2,(H,27,34)(H,28,32). The zero-order valence-electron chi connectivity index (χ0n) is 17.8. The summed E-state index contributed by atoms with van der Waals surface area (Å²) in [5.74, 6) is -1.29. The lowest BCUT2D eigenvalue weighted by Gasteiger charge is -2.27. The van der Waals surface area contributed by atoms with E-state index in [2.05, 4.69) is 15.8 Å². The summed E-state index contributed by atoms with van der Waals surface area (Å²) in [6.07, 6.45) is 1.12. The number of rotatable bonds is 5. The molecule has 1 aliphatic rings. The molecule has 2 heterocycles. The number of urea groups is 1. The number of hydrazine groups is 1. The van der Waals surface area contributed by atoms with Crippen LogP contribution in [0.4, 0.5) is 4.79 Å². The molecule has 3 aromatic carbocycles. The maximum atomic E-state index is 13.6. The van der Waals surface area contributed by atoms with Crippen LogP contribution in [0.5, 0.6) is 0 Å². The number of benzene rings is 3. The molecule has 1 aromatic heterocycles. The first kappa shape index (κ1) is 21.1. The highest BCUT2D eigenvalue weighted by atomic mass is 16.2. The van der Waals surface area contributed by atoms with E-state index in [1.807, 2.05) is 12.1 Å². The van der Waals surface area contributed by atoms with Crippen molar-refractivity contribution in [3.63, 3.8) is 0 Å². The first-order valence-electron chi connectivity index (χ1n) is 10.5. The number of amides is 4. The van der Waals surface area contributed by atoms with Crippen molar-refractivity contribution >= 4 is 28.7 Å². The van der Waals surface area contributed by atoms with E-state index >= 15 is 0 Å². The van der Waals surface area contributed by atoms with Crippen molar-refractivity contribution in [3.05, 3.63) is 112 Å². The molecule has 9 nitrogen and oxygen atoms in total. The molecule has 4 aromatic rings. The summed E-state index contributed by atoms with van der Waals surface area (Å²) in [6, 6.07) is 23.7. The monoisotopic (exact) mass is 453 g/mol. The van der Waals surface area contributed by atoms with Crippen LogP contribution in [0, 0.1) is 0 Å². The van der Waals surface area contributed by atoms with Gasteiger partial charge in [0.1, 0.15) is 6.54 Å². The molecule has 1 fully saturated rings. The van der Waals surface area contributed by atoms with Crippen molar-refractivity contribution in [2.75, 3.05) is 0 Å². The Labute approximate surface area is 193 Å². The minimum Gasteiger partial charge on any atom is -0.314 e. The van der Waals surface area contributed by atoms with E-state index in [0.29, 0.717) is 27.0 Å². The highest BCUT2D eigenvalue weighted by Gasteiger charge is 2.54. The van der Waals surface area contributed by atoms with Crippen LogP contribution < -0.4 is 16.2 Å². The first-order chi connectivity index (χ1) is 16.5. The van der Waals surface area contributed by atoms with Gasteiger partial charge in [0.15, 0.2) is 5.54 Å². The summed E-state index contributed by atoms with van der Waals surface area (Å²) in [6.45, 7) is -0.304. The minimum atomic E-state index is -1.49. The number of aromatic nitrogens is 2.